The van der Waals surface area contributed by atoms with E-state index in [4.69, 9.17) is 4.74 Å². The number of piperazine rings is 1. The maximum Gasteiger partial charge on any atom is 0.312 e. The van der Waals surface area contributed by atoms with Crippen molar-refractivity contribution in [2.75, 3.05) is 38.6 Å². The molecular formula is C20H23N5O8S. The SMILES string of the molecule is COc1ccc(S(=O)(=O)N2CCN(C(C)C(=O)Nc3ccc([N+](=O)[O-])cc3)CC2)cc1[N+](=O)[O-]. The highest BCUT2D eigenvalue weighted by atomic mass is 32.2. The average Bonchev–Trinajstić information content (AvgIpc) is 2.83. The van der Waals surface area contributed by atoms with Gasteiger partial charge in [-0.15, -0.1) is 0 Å². The standard InChI is InChI=1S/C20H23N5O8S/c1-14(20(26)21-15-3-5-16(6-4-15)24(27)28)22-9-11-23(12-10-22)34(31,32)17-7-8-19(33-2)18(13-17)25(29)30/h3-8,13-14H,9-12H2,1-2H3,(H,21,26). The van der Waals surface area contributed by atoms with Crippen LogP contribution in [0.3, 0.4) is 0 Å². The minimum Gasteiger partial charge on any atom is -0.490 e. The van der Waals surface area contributed by atoms with Crippen molar-refractivity contribution >= 4 is 33.0 Å². The van der Waals surface area contributed by atoms with Crippen molar-refractivity contribution in [3.63, 3.8) is 0 Å². The van der Waals surface area contributed by atoms with Crippen LogP contribution >= 0.6 is 0 Å². The molecule has 0 bridgehead atoms. The highest BCUT2D eigenvalue weighted by molar-refractivity contribution is 7.89. The maximum atomic E-state index is 13.0. The number of nitro benzene ring substituents is 2. The molecule has 1 aliphatic heterocycles. The second-order valence-electron chi connectivity index (χ2n) is 7.50. The number of carbonyl (C=O) groups is 1. The van der Waals surface area contributed by atoms with Crippen LogP contribution in [0, 0.1) is 20.2 Å². The number of carbonyl (C=O) groups excluding carboxylic acids is 1. The molecule has 3 rings (SSSR count). The zero-order valence-corrected chi connectivity index (χ0v) is 19.2. The maximum absolute atomic E-state index is 13.0. The molecule has 1 saturated heterocycles. The van der Waals surface area contributed by atoms with E-state index in [-0.39, 0.29) is 48.4 Å². The molecule has 2 aromatic carbocycles. The molecule has 34 heavy (non-hydrogen) atoms. The zero-order chi connectivity index (χ0) is 25.0. The Bertz CT molecular complexity index is 1190. The predicted octanol–water partition coefficient (Wildman–Crippen LogP) is 1.85. The quantitative estimate of drug-likeness (QED) is 0.426. The summed E-state index contributed by atoms with van der Waals surface area (Å²) in [6.07, 6.45) is 0. The summed E-state index contributed by atoms with van der Waals surface area (Å²) in [6.45, 7) is 2.41. The molecule has 13 nitrogen and oxygen atoms in total. The fraction of sp³-hybridized carbons (Fsp3) is 0.350. The summed E-state index contributed by atoms with van der Waals surface area (Å²) in [5.41, 5.74) is -0.130. The number of nitrogens with zero attached hydrogens (tertiary/aromatic N) is 4. The van der Waals surface area contributed by atoms with E-state index in [1.165, 1.54) is 47.8 Å². The number of amides is 1. The molecule has 1 atom stereocenters. The summed E-state index contributed by atoms with van der Waals surface area (Å²) in [4.78, 5) is 34.9. The van der Waals surface area contributed by atoms with E-state index in [1.807, 2.05) is 4.90 Å². The van der Waals surface area contributed by atoms with Crippen molar-refractivity contribution in [2.24, 2.45) is 0 Å². The summed E-state index contributed by atoms with van der Waals surface area (Å²) < 4.78 is 32.1. The second-order valence-corrected chi connectivity index (χ2v) is 9.44. The number of nitrogens with one attached hydrogen (secondary N) is 1. The number of methoxy groups -OCH3 is 1. The Labute approximate surface area is 195 Å². The van der Waals surface area contributed by atoms with Gasteiger partial charge in [-0.3, -0.25) is 29.9 Å². The van der Waals surface area contributed by atoms with E-state index < -0.39 is 31.6 Å². The van der Waals surface area contributed by atoms with Crippen LogP contribution in [0.4, 0.5) is 17.1 Å². The largest absolute Gasteiger partial charge is 0.490 e. The monoisotopic (exact) mass is 493 g/mol. The summed E-state index contributed by atoms with van der Waals surface area (Å²) in [6, 6.07) is 8.33. The van der Waals surface area contributed by atoms with Crippen LogP contribution in [0.5, 0.6) is 5.75 Å². The van der Waals surface area contributed by atoms with Gasteiger partial charge in [-0.25, -0.2) is 8.42 Å². The fourth-order valence-electron chi connectivity index (χ4n) is 3.53. The smallest absolute Gasteiger partial charge is 0.312 e. The molecule has 0 aromatic heterocycles. The fourth-order valence-corrected chi connectivity index (χ4v) is 4.97. The zero-order valence-electron chi connectivity index (χ0n) is 18.4. The van der Waals surface area contributed by atoms with Crippen LogP contribution in [0.2, 0.25) is 0 Å². The molecule has 0 aliphatic carbocycles. The van der Waals surface area contributed by atoms with Gasteiger partial charge >= 0.3 is 5.69 Å². The Morgan fingerprint density at radius 3 is 2.18 bits per heavy atom. The van der Waals surface area contributed by atoms with Gasteiger partial charge in [0.25, 0.3) is 5.69 Å². The number of hydrogen-bond donors (Lipinski definition) is 1. The van der Waals surface area contributed by atoms with E-state index in [9.17, 15) is 33.4 Å². The highest BCUT2D eigenvalue weighted by Crippen LogP contribution is 2.31. The minimum absolute atomic E-state index is 0.0402. The molecule has 2 aromatic rings. The molecule has 1 aliphatic rings. The van der Waals surface area contributed by atoms with Crippen LogP contribution in [0.25, 0.3) is 0 Å². The van der Waals surface area contributed by atoms with Crippen LogP contribution in [0.15, 0.2) is 47.4 Å². The number of benzene rings is 2. The van der Waals surface area contributed by atoms with E-state index in [0.29, 0.717) is 5.69 Å². The topological polar surface area (TPSA) is 165 Å². The van der Waals surface area contributed by atoms with Gasteiger partial charge in [-0.2, -0.15) is 4.31 Å². The van der Waals surface area contributed by atoms with Crippen LogP contribution in [-0.2, 0) is 14.8 Å². The highest BCUT2D eigenvalue weighted by Gasteiger charge is 2.33. The summed E-state index contributed by atoms with van der Waals surface area (Å²) in [5, 5.41) is 24.7. The van der Waals surface area contributed by atoms with E-state index >= 15 is 0 Å². The van der Waals surface area contributed by atoms with Gasteiger partial charge in [0.2, 0.25) is 15.9 Å². The Hall–Kier alpha value is -3.62. The van der Waals surface area contributed by atoms with Gasteiger partial charge in [0.05, 0.1) is 27.9 Å². The first-order chi connectivity index (χ1) is 16.0. The number of sulfonamides is 1. The van der Waals surface area contributed by atoms with Crippen molar-refractivity contribution in [2.45, 2.75) is 17.9 Å². The van der Waals surface area contributed by atoms with Gasteiger partial charge in [0, 0.05) is 50.1 Å². The molecular weight excluding hydrogens is 470 g/mol. The molecule has 1 amide bonds. The Kier molecular flexibility index (Phi) is 7.44. The lowest BCUT2D eigenvalue weighted by Gasteiger charge is -2.36. The average molecular weight is 493 g/mol. The van der Waals surface area contributed by atoms with Crippen molar-refractivity contribution < 1.29 is 27.8 Å². The Balaban J connectivity index is 1.63. The lowest BCUT2D eigenvalue weighted by Crippen LogP contribution is -2.53. The van der Waals surface area contributed by atoms with Crippen molar-refractivity contribution in [3.05, 3.63) is 62.7 Å². The van der Waals surface area contributed by atoms with Gasteiger partial charge in [-0.1, -0.05) is 0 Å². The van der Waals surface area contributed by atoms with Gasteiger partial charge in [0.15, 0.2) is 5.75 Å². The van der Waals surface area contributed by atoms with Gasteiger partial charge in [0.1, 0.15) is 0 Å². The molecule has 182 valence electrons. The number of nitro groups is 2. The molecule has 1 fully saturated rings. The predicted molar refractivity (Wildman–Crippen MR) is 121 cm³/mol. The third-order valence-corrected chi connectivity index (χ3v) is 7.43. The molecule has 1 heterocycles. The number of rotatable bonds is 8. The van der Waals surface area contributed by atoms with Gasteiger partial charge in [-0.05, 0) is 31.2 Å². The third kappa shape index (κ3) is 5.30. The first kappa shape index (κ1) is 25.0. The number of non-ortho nitro benzene ring substituents is 1. The summed E-state index contributed by atoms with van der Waals surface area (Å²) in [7, 11) is -2.72. The lowest BCUT2D eigenvalue weighted by atomic mass is 10.2. The first-order valence-corrected chi connectivity index (χ1v) is 11.6. The number of hydrogen-bond acceptors (Lipinski definition) is 9. The lowest BCUT2D eigenvalue weighted by molar-refractivity contribution is -0.386. The van der Waals surface area contributed by atoms with E-state index in [1.54, 1.807) is 6.92 Å². The third-order valence-electron chi connectivity index (χ3n) is 5.53. The molecule has 0 spiro atoms. The number of ether oxygens (including phenoxy) is 1. The molecule has 0 saturated carbocycles. The summed E-state index contributed by atoms with van der Waals surface area (Å²) >= 11 is 0. The Morgan fingerprint density at radius 1 is 1.03 bits per heavy atom. The van der Waals surface area contributed by atoms with Crippen LogP contribution in [0.1, 0.15) is 6.92 Å². The first-order valence-electron chi connectivity index (χ1n) is 10.2. The molecule has 1 N–H and O–H groups in total. The minimum atomic E-state index is -3.98. The molecule has 14 heteroatoms. The van der Waals surface area contributed by atoms with Gasteiger partial charge < -0.3 is 10.1 Å². The second kappa shape index (κ2) is 10.1. The Morgan fingerprint density at radius 2 is 1.65 bits per heavy atom. The molecule has 1 unspecified atom stereocenters. The van der Waals surface area contributed by atoms with Crippen molar-refractivity contribution in [1.82, 2.24) is 9.21 Å². The normalized spacial score (nSPS) is 15.9. The van der Waals surface area contributed by atoms with Crippen LogP contribution < -0.4 is 10.1 Å². The number of anilines is 1. The van der Waals surface area contributed by atoms with E-state index in [0.717, 1.165) is 6.07 Å². The van der Waals surface area contributed by atoms with Crippen molar-refractivity contribution in [3.8, 4) is 5.75 Å². The van der Waals surface area contributed by atoms with Crippen molar-refractivity contribution in [1.29, 1.82) is 0 Å². The summed E-state index contributed by atoms with van der Waals surface area (Å²) in [5.74, 6) is -0.377. The van der Waals surface area contributed by atoms with Crippen LogP contribution in [-0.4, -0.2) is 72.7 Å². The molecule has 0 radical (unpaired) electrons. The van der Waals surface area contributed by atoms with E-state index in [2.05, 4.69) is 5.32 Å².